The van der Waals surface area contributed by atoms with Crippen molar-refractivity contribution in [3.63, 3.8) is 0 Å². The zero-order valence-electron chi connectivity index (χ0n) is 6.20. The summed E-state index contributed by atoms with van der Waals surface area (Å²) in [5.41, 5.74) is 0. The molecule has 11 heavy (non-hydrogen) atoms. The van der Waals surface area contributed by atoms with Gasteiger partial charge in [0.05, 0.1) is 0 Å². The van der Waals surface area contributed by atoms with E-state index in [0.717, 1.165) is 0 Å². The van der Waals surface area contributed by atoms with Gasteiger partial charge in [0.15, 0.2) is 0 Å². The van der Waals surface area contributed by atoms with Crippen molar-refractivity contribution in [2.45, 2.75) is 12.5 Å². The van der Waals surface area contributed by atoms with Crippen LogP contribution in [0.3, 0.4) is 0 Å². The van der Waals surface area contributed by atoms with E-state index >= 15 is 0 Å². The van der Waals surface area contributed by atoms with Gasteiger partial charge in [-0.2, -0.15) is 0 Å². The molecule has 0 aliphatic carbocycles. The van der Waals surface area contributed by atoms with E-state index < -0.39 is 12.1 Å². The molecule has 2 amide bonds. The lowest BCUT2D eigenvalue weighted by Crippen LogP contribution is -2.39. The monoisotopic (exact) mass is 158 g/mol. The molecule has 62 valence electrons. The Kier molecular flexibility index (Phi) is 1.98. The summed E-state index contributed by atoms with van der Waals surface area (Å²) in [6.07, 6.45) is -0.569. The van der Waals surface area contributed by atoms with Crippen molar-refractivity contribution in [1.82, 2.24) is 10.2 Å². The second kappa shape index (κ2) is 2.77. The average Bonchev–Trinajstić information content (AvgIpc) is 2.18. The zero-order chi connectivity index (χ0) is 8.43. The van der Waals surface area contributed by atoms with Crippen molar-refractivity contribution in [1.29, 1.82) is 0 Å². The highest BCUT2D eigenvalue weighted by Crippen LogP contribution is 2.07. The van der Waals surface area contributed by atoms with E-state index in [9.17, 15) is 9.59 Å². The highest BCUT2D eigenvalue weighted by molar-refractivity contribution is 5.86. The Balaban J connectivity index is 2.49. The second-order valence-corrected chi connectivity index (χ2v) is 2.55. The quantitative estimate of drug-likeness (QED) is 0.539. The number of nitrogens with zero attached hydrogens (tertiary/aromatic N) is 1. The highest BCUT2D eigenvalue weighted by Gasteiger charge is 2.29. The molecule has 5 heteroatoms. The molecule has 1 saturated heterocycles. The first-order chi connectivity index (χ1) is 5.11. The summed E-state index contributed by atoms with van der Waals surface area (Å²) in [6.45, 7) is 0.629. The van der Waals surface area contributed by atoms with E-state index in [1.165, 1.54) is 4.90 Å². The van der Waals surface area contributed by atoms with E-state index in [-0.39, 0.29) is 5.91 Å². The summed E-state index contributed by atoms with van der Waals surface area (Å²) in [5.74, 6) is -0.146. The van der Waals surface area contributed by atoms with Crippen LogP contribution in [0.15, 0.2) is 0 Å². The van der Waals surface area contributed by atoms with E-state index in [1.807, 2.05) is 0 Å². The van der Waals surface area contributed by atoms with Crippen LogP contribution in [-0.2, 0) is 4.79 Å². The molecule has 1 aliphatic rings. The van der Waals surface area contributed by atoms with Gasteiger partial charge >= 0.3 is 6.09 Å². The molecule has 1 rings (SSSR count). The summed E-state index contributed by atoms with van der Waals surface area (Å²) in [4.78, 5) is 22.7. The van der Waals surface area contributed by atoms with Crippen LogP contribution in [0.1, 0.15) is 6.42 Å². The maximum Gasteiger partial charge on any atom is 0.405 e. The maximum absolute atomic E-state index is 11.0. The van der Waals surface area contributed by atoms with Crippen LogP contribution < -0.4 is 5.32 Å². The number of carbonyl (C=O) groups excluding carboxylic acids is 1. The molecule has 1 heterocycles. The van der Waals surface area contributed by atoms with Gasteiger partial charge in [-0.15, -0.1) is 0 Å². The summed E-state index contributed by atoms with van der Waals surface area (Å²) in [5, 5.41) is 10.4. The number of carboxylic acid groups (broad SMARTS) is 1. The van der Waals surface area contributed by atoms with Gasteiger partial charge in [-0.25, -0.2) is 4.79 Å². The molecule has 0 unspecified atom stereocenters. The van der Waals surface area contributed by atoms with Crippen molar-refractivity contribution in [2.24, 2.45) is 0 Å². The van der Waals surface area contributed by atoms with E-state index in [4.69, 9.17) is 5.11 Å². The fourth-order valence-electron chi connectivity index (χ4n) is 1.11. The number of rotatable bonds is 1. The minimum absolute atomic E-state index is 0.146. The number of hydrogen-bond donors (Lipinski definition) is 2. The Morgan fingerprint density at radius 3 is 2.82 bits per heavy atom. The van der Waals surface area contributed by atoms with Crippen LogP contribution in [-0.4, -0.2) is 41.6 Å². The van der Waals surface area contributed by atoms with Gasteiger partial charge in [-0.05, 0) is 6.42 Å². The van der Waals surface area contributed by atoms with Crippen LogP contribution in [0.25, 0.3) is 0 Å². The van der Waals surface area contributed by atoms with Gasteiger partial charge in [0, 0.05) is 13.6 Å². The number of likely N-dealkylation sites (tertiary alicyclic amines) is 1. The lowest BCUT2D eigenvalue weighted by Gasteiger charge is -2.09. The first kappa shape index (κ1) is 7.84. The van der Waals surface area contributed by atoms with Crippen LogP contribution in [0.2, 0.25) is 0 Å². The lowest BCUT2D eigenvalue weighted by atomic mass is 10.2. The third-order valence-corrected chi connectivity index (χ3v) is 1.73. The molecule has 0 aromatic heterocycles. The number of carbonyl (C=O) groups is 2. The van der Waals surface area contributed by atoms with Crippen LogP contribution in [0, 0.1) is 0 Å². The average molecular weight is 158 g/mol. The van der Waals surface area contributed by atoms with Gasteiger partial charge < -0.3 is 15.3 Å². The molecule has 1 aliphatic heterocycles. The van der Waals surface area contributed by atoms with Gasteiger partial charge in [0.25, 0.3) is 0 Å². The van der Waals surface area contributed by atoms with Gasteiger partial charge in [0.1, 0.15) is 6.04 Å². The number of nitrogens with one attached hydrogen (secondary N) is 1. The standard InChI is InChI=1S/C6H10N2O3/c1-8-3-2-4(5(8)9)7-6(10)11/h4,7H,2-3H2,1H3,(H,10,11)/t4-/m0/s1. The smallest absolute Gasteiger partial charge is 0.405 e. The third-order valence-electron chi connectivity index (χ3n) is 1.73. The molecule has 0 bridgehead atoms. The van der Waals surface area contributed by atoms with Crippen molar-refractivity contribution in [3.05, 3.63) is 0 Å². The van der Waals surface area contributed by atoms with E-state index in [0.29, 0.717) is 13.0 Å². The molecule has 0 aromatic rings. The largest absolute Gasteiger partial charge is 0.465 e. The van der Waals surface area contributed by atoms with Crippen LogP contribution in [0.5, 0.6) is 0 Å². The summed E-state index contributed by atoms with van der Waals surface area (Å²) >= 11 is 0. The zero-order valence-corrected chi connectivity index (χ0v) is 6.20. The second-order valence-electron chi connectivity index (χ2n) is 2.55. The summed E-state index contributed by atoms with van der Waals surface area (Å²) in [7, 11) is 1.66. The fraction of sp³-hybridized carbons (Fsp3) is 0.667. The van der Waals surface area contributed by atoms with E-state index in [2.05, 4.69) is 5.32 Å². The minimum atomic E-state index is -1.14. The predicted molar refractivity (Wildman–Crippen MR) is 37.2 cm³/mol. The number of amides is 2. The molecule has 0 spiro atoms. The molecule has 0 saturated carbocycles. The molecule has 0 aromatic carbocycles. The Bertz CT molecular complexity index is 192. The Labute approximate surface area is 64.0 Å². The first-order valence-corrected chi connectivity index (χ1v) is 3.35. The molecular weight excluding hydrogens is 148 g/mol. The number of hydrogen-bond acceptors (Lipinski definition) is 2. The molecule has 1 atom stereocenters. The first-order valence-electron chi connectivity index (χ1n) is 3.35. The summed E-state index contributed by atoms with van der Waals surface area (Å²) < 4.78 is 0. The van der Waals surface area contributed by atoms with E-state index in [1.54, 1.807) is 7.05 Å². The lowest BCUT2D eigenvalue weighted by molar-refractivity contribution is -0.128. The van der Waals surface area contributed by atoms with Crippen molar-refractivity contribution < 1.29 is 14.7 Å². The Morgan fingerprint density at radius 1 is 1.82 bits per heavy atom. The van der Waals surface area contributed by atoms with Gasteiger partial charge in [-0.1, -0.05) is 0 Å². The predicted octanol–water partition coefficient (Wildman–Crippen LogP) is -0.515. The van der Waals surface area contributed by atoms with Crippen LogP contribution in [0.4, 0.5) is 4.79 Å². The summed E-state index contributed by atoms with van der Waals surface area (Å²) in [6, 6.07) is -0.530. The minimum Gasteiger partial charge on any atom is -0.465 e. The normalized spacial score (nSPS) is 23.9. The molecule has 0 radical (unpaired) electrons. The molecule has 2 N–H and O–H groups in total. The third kappa shape index (κ3) is 1.60. The molecular formula is C6H10N2O3. The Hall–Kier alpha value is -1.26. The Morgan fingerprint density at radius 2 is 2.45 bits per heavy atom. The molecule has 1 fully saturated rings. The number of likely N-dealkylation sites (N-methyl/N-ethyl adjacent to an activating group) is 1. The highest BCUT2D eigenvalue weighted by atomic mass is 16.4. The maximum atomic E-state index is 11.0. The van der Waals surface area contributed by atoms with Crippen molar-refractivity contribution >= 4 is 12.0 Å². The molecule has 5 nitrogen and oxygen atoms in total. The van der Waals surface area contributed by atoms with Crippen molar-refractivity contribution in [3.8, 4) is 0 Å². The van der Waals surface area contributed by atoms with Gasteiger partial charge in [0.2, 0.25) is 5.91 Å². The SMILES string of the molecule is CN1CC[C@H](NC(=O)O)C1=O. The fourth-order valence-corrected chi connectivity index (χ4v) is 1.11. The van der Waals surface area contributed by atoms with Crippen LogP contribution >= 0.6 is 0 Å². The van der Waals surface area contributed by atoms with Gasteiger partial charge in [-0.3, -0.25) is 4.79 Å². The topological polar surface area (TPSA) is 69.6 Å². The van der Waals surface area contributed by atoms with Crippen molar-refractivity contribution in [2.75, 3.05) is 13.6 Å².